The Morgan fingerprint density at radius 1 is 0.966 bits per heavy atom. The molecule has 0 spiro atoms. The molecule has 0 radical (unpaired) electrons. The van der Waals surface area contributed by atoms with Gasteiger partial charge >= 0.3 is 0 Å². The number of nitrogens with one attached hydrogen (secondary N) is 2. The summed E-state index contributed by atoms with van der Waals surface area (Å²) in [6, 6.07) is 7.83. The molecule has 1 aliphatic carbocycles. The van der Waals surface area contributed by atoms with Crippen molar-refractivity contribution in [3.8, 4) is 0 Å². The summed E-state index contributed by atoms with van der Waals surface area (Å²) in [6.07, 6.45) is 7.02. The first-order valence-corrected chi connectivity index (χ1v) is 11.7. The molecule has 1 saturated carbocycles. The van der Waals surface area contributed by atoms with Crippen LogP contribution in [0.1, 0.15) is 70.2 Å². The van der Waals surface area contributed by atoms with Crippen LogP contribution in [0, 0.1) is 13.8 Å². The van der Waals surface area contributed by atoms with E-state index in [0.717, 1.165) is 30.5 Å². The molecule has 0 bridgehead atoms. The number of hydrogen-bond donors (Lipinski definition) is 2. The number of amides is 2. The van der Waals surface area contributed by atoms with Gasteiger partial charge in [-0.1, -0.05) is 19.3 Å². The van der Waals surface area contributed by atoms with Gasteiger partial charge in [0, 0.05) is 29.2 Å². The van der Waals surface area contributed by atoms with Crippen LogP contribution in [0.5, 0.6) is 0 Å². The highest BCUT2D eigenvalue weighted by Crippen LogP contribution is 2.32. The van der Waals surface area contributed by atoms with Crippen molar-refractivity contribution in [1.29, 1.82) is 0 Å². The molecule has 1 fully saturated rings. The van der Waals surface area contributed by atoms with Gasteiger partial charge in [-0.05, 0) is 57.0 Å². The van der Waals surface area contributed by atoms with E-state index >= 15 is 0 Å². The Balaban J connectivity index is 1.67. The van der Waals surface area contributed by atoms with Crippen LogP contribution >= 0.6 is 0 Å². The van der Waals surface area contributed by atoms with Crippen LogP contribution in [0.4, 0.5) is 0 Å². The second-order valence-corrected chi connectivity index (χ2v) is 9.67. The highest BCUT2D eigenvalue weighted by molar-refractivity contribution is 7.90. The number of hydrazine groups is 1. The molecule has 2 amide bonds. The Morgan fingerprint density at radius 2 is 1.55 bits per heavy atom. The van der Waals surface area contributed by atoms with E-state index in [-0.39, 0.29) is 16.4 Å². The van der Waals surface area contributed by atoms with Gasteiger partial charge in [-0.2, -0.15) is 0 Å². The zero-order chi connectivity index (χ0) is 21.2. The molecule has 29 heavy (non-hydrogen) atoms. The van der Waals surface area contributed by atoms with Crippen molar-refractivity contribution in [3.63, 3.8) is 0 Å². The fourth-order valence-electron chi connectivity index (χ4n) is 4.01. The number of hydrogen-bond acceptors (Lipinski definition) is 4. The van der Waals surface area contributed by atoms with E-state index in [1.165, 1.54) is 43.5 Å². The minimum atomic E-state index is -3.33. The standard InChI is InChI=1S/C21H27N3O4S/c1-14-13-19(15(2)24(14)17-7-5-4-6-8-17)21(26)23-22-20(25)16-9-11-18(12-10-16)29(3,27)28/h9-13,17H,4-8H2,1-3H3,(H,22,25)(H,23,26). The third-order valence-electron chi connectivity index (χ3n) is 5.50. The van der Waals surface area contributed by atoms with Crippen molar-refractivity contribution >= 4 is 21.7 Å². The summed E-state index contributed by atoms with van der Waals surface area (Å²) in [7, 11) is -3.33. The zero-order valence-electron chi connectivity index (χ0n) is 17.0. The van der Waals surface area contributed by atoms with Crippen LogP contribution in [-0.2, 0) is 9.84 Å². The average molecular weight is 418 g/mol. The molecule has 1 aromatic heterocycles. The maximum atomic E-state index is 12.6. The van der Waals surface area contributed by atoms with Crippen molar-refractivity contribution in [2.45, 2.75) is 56.9 Å². The number of aromatic nitrogens is 1. The fraction of sp³-hybridized carbons (Fsp3) is 0.429. The molecule has 1 aromatic carbocycles. The molecule has 0 saturated heterocycles. The summed E-state index contributed by atoms with van der Waals surface area (Å²) in [5.41, 5.74) is 7.59. The number of carbonyl (C=O) groups excluding carboxylic acids is 2. The topological polar surface area (TPSA) is 97.3 Å². The molecule has 2 N–H and O–H groups in total. The average Bonchev–Trinajstić information content (AvgIpc) is 3.00. The second-order valence-electron chi connectivity index (χ2n) is 7.65. The lowest BCUT2D eigenvalue weighted by Gasteiger charge is -2.26. The number of rotatable bonds is 4. The first-order valence-electron chi connectivity index (χ1n) is 9.77. The van der Waals surface area contributed by atoms with E-state index in [2.05, 4.69) is 15.4 Å². The highest BCUT2D eigenvalue weighted by atomic mass is 32.2. The van der Waals surface area contributed by atoms with Gasteiger partial charge in [-0.25, -0.2) is 8.42 Å². The normalized spacial score (nSPS) is 15.1. The predicted octanol–water partition coefficient (Wildman–Crippen LogP) is 3.09. The minimum absolute atomic E-state index is 0.133. The third-order valence-corrected chi connectivity index (χ3v) is 6.63. The molecule has 8 heteroatoms. The number of aryl methyl sites for hydroxylation is 1. The molecule has 0 atom stereocenters. The second kappa shape index (κ2) is 8.41. The lowest BCUT2D eigenvalue weighted by molar-refractivity contribution is 0.0846. The van der Waals surface area contributed by atoms with Gasteiger partial charge in [0.05, 0.1) is 10.5 Å². The molecule has 0 unspecified atom stereocenters. The van der Waals surface area contributed by atoms with E-state index in [9.17, 15) is 18.0 Å². The van der Waals surface area contributed by atoms with Crippen LogP contribution in [0.25, 0.3) is 0 Å². The molecule has 3 rings (SSSR count). The maximum Gasteiger partial charge on any atom is 0.271 e. The summed E-state index contributed by atoms with van der Waals surface area (Å²) in [6.45, 7) is 3.93. The van der Waals surface area contributed by atoms with E-state index in [1.807, 2.05) is 19.9 Å². The summed E-state index contributed by atoms with van der Waals surface area (Å²) in [5.74, 6) is -0.888. The zero-order valence-corrected chi connectivity index (χ0v) is 17.8. The van der Waals surface area contributed by atoms with Crippen molar-refractivity contribution in [1.82, 2.24) is 15.4 Å². The van der Waals surface area contributed by atoms with Gasteiger partial charge in [0.15, 0.2) is 9.84 Å². The first kappa shape index (κ1) is 21.1. The van der Waals surface area contributed by atoms with Gasteiger partial charge in [0.25, 0.3) is 11.8 Å². The van der Waals surface area contributed by atoms with Crippen LogP contribution in [0.3, 0.4) is 0 Å². The van der Waals surface area contributed by atoms with Gasteiger partial charge in [0.2, 0.25) is 0 Å². The Kier molecular flexibility index (Phi) is 6.12. The van der Waals surface area contributed by atoms with E-state index < -0.39 is 15.7 Å². The largest absolute Gasteiger partial charge is 0.345 e. The minimum Gasteiger partial charge on any atom is -0.345 e. The molecule has 2 aromatic rings. The number of nitrogens with zero attached hydrogens (tertiary/aromatic N) is 1. The van der Waals surface area contributed by atoms with Crippen LogP contribution in [0.2, 0.25) is 0 Å². The Labute approximate surface area is 171 Å². The van der Waals surface area contributed by atoms with Crippen LogP contribution in [0.15, 0.2) is 35.2 Å². The molecule has 156 valence electrons. The van der Waals surface area contributed by atoms with Crippen LogP contribution < -0.4 is 10.9 Å². The van der Waals surface area contributed by atoms with Crippen molar-refractivity contribution in [2.24, 2.45) is 0 Å². The molecule has 1 heterocycles. The molecular weight excluding hydrogens is 390 g/mol. The van der Waals surface area contributed by atoms with Gasteiger partial charge < -0.3 is 4.57 Å². The Morgan fingerprint density at radius 3 is 2.14 bits per heavy atom. The van der Waals surface area contributed by atoms with E-state index in [0.29, 0.717) is 11.6 Å². The van der Waals surface area contributed by atoms with Gasteiger partial charge in [-0.15, -0.1) is 0 Å². The smallest absolute Gasteiger partial charge is 0.271 e. The Hall–Kier alpha value is -2.61. The number of sulfone groups is 1. The summed E-state index contributed by atoms with van der Waals surface area (Å²) >= 11 is 0. The summed E-state index contributed by atoms with van der Waals surface area (Å²) in [4.78, 5) is 25.0. The molecule has 1 aliphatic rings. The highest BCUT2D eigenvalue weighted by Gasteiger charge is 2.23. The maximum absolute atomic E-state index is 12.6. The fourth-order valence-corrected chi connectivity index (χ4v) is 4.65. The third kappa shape index (κ3) is 4.70. The Bertz CT molecular complexity index is 1020. The van der Waals surface area contributed by atoms with E-state index in [4.69, 9.17) is 0 Å². The first-order chi connectivity index (χ1) is 13.7. The van der Waals surface area contributed by atoms with Crippen molar-refractivity contribution < 1.29 is 18.0 Å². The summed E-state index contributed by atoms with van der Waals surface area (Å²) < 4.78 is 25.2. The summed E-state index contributed by atoms with van der Waals surface area (Å²) in [5, 5.41) is 0. The van der Waals surface area contributed by atoms with Gasteiger partial charge in [0.1, 0.15) is 0 Å². The van der Waals surface area contributed by atoms with Crippen LogP contribution in [-0.4, -0.2) is 31.1 Å². The number of carbonyl (C=O) groups is 2. The molecule has 7 nitrogen and oxygen atoms in total. The number of benzene rings is 1. The molecule has 0 aliphatic heterocycles. The SMILES string of the molecule is Cc1cc(C(=O)NNC(=O)c2ccc(S(C)(=O)=O)cc2)c(C)n1C1CCCCC1. The monoisotopic (exact) mass is 417 g/mol. The van der Waals surface area contributed by atoms with E-state index in [1.54, 1.807) is 0 Å². The van der Waals surface area contributed by atoms with Crippen molar-refractivity contribution in [3.05, 3.63) is 52.8 Å². The van der Waals surface area contributed by atoms with Gasteiger partial charge in [-0.3, -0.25) is 20.4 Å². The lowest BCUT2D eigenvalue weighted by atomic mass is 9.95. The quantitative estimate of drug-likeness (QED) is 0.747. The molecular formula is C21H27N3O4S. The van der Waals surface area contributed by atoms with Crippen molar-refractivity contribution in [2.75, 3.05) is 6.26 Å². The lowest BCUT2D eigenvalue weighted by Crippen LogP contribution is -2.41. The predicted molar refractivity (Wildman–Crippen MR) is 111 cm³/mol.